The third kappa shape index (κ3) is 5.81. The van der Waals surface area contributed by atoms with Gasteiger partial charge in [-0.3, -0.25) is 0 Å². The van der Waals surface area contributed by atoms with Crippen LogP contribution in [0.5, 0.6) is 0 Å². The normalized spacial score (nSPS) is 13.5. The number of hydrogen-bond donors (Lipinski definition) is 2. The van der Waals surface area contributed by atoms with E-state index in [-0.39, 0.29) is 12.3 Å². The van der Waals surface area contributed by atoms with Gasteiger partial charge in [0, 0.05) is 6.54 Å². The van der Waals surface area contributed by atoms with Crippen LogP contribution in [0.25, 0.3) is 0 Å². The Kier molecular flexibility index (Phi) is 5.61. The number of sulfonamides is 1. The predicted octanol–water partition coefficient (Wildman–Crippen LogP) is 0.919. The predicted molar refractivity (Wildman–Crippen MR) is 68.2 cm³/mol. The molecule has 17 heavy (non-hydrogen) atoms. The number of rotatable bonds is 7. The van der Waals surface area contributed by atoms with Crippen molar-refractivity contribution < 1.29 is 13.5 Å². The topological polar surface area (TPSA) is 66.4 Å². The van der Waals surface area contributed by atoms with Gasteiger partial charge in [0.1, 0.15) is 0 Å². The molecule has 1 aromatic carbocycles. The molecule has 0 spiro atoms. The quantitative estimate of drug-likeness (QED) is 0.763. The minimum absolute atomic E-state index is 0.0667. The number of aliphatic hydroxyl groups excluding tert-OH is 1. The summed E-state index contributed by atoms with van der Waals surface area (Å²) in [5, 5.41) is 9.71. The molecule has 0 amide bonds. The van der Waals surface area contributed by atoms with E-state index in [4.69, 9.17) is 0 Å². The minimum atomic E-state index is -3.23. The van der Waals surface area contributed by atoms with Crippen LogP contribution in [0.3, 0.4) is 0 Å². The first-order chi connectivity index (χ1) is 8.03. The molecule has 0 heterocycles. The molecule has 0 aliphatic heterocycles. The lowest BCUT2D eigenvalue weighted by atomic mass is 10.1. The van der Waals surface area contributed by atoms with Gasteiger partial charge in [-0.2, -0.15) is 0 Å². The molecule has 1 atom stereocenters. The maximum absolute atomic E-state index is 11.4. The Morgan fingerprint density at radius 1 is 1.29 bits per heavy atom. The van der Waals surface area contributed by atoms with Crippen LogP contribution in [0.2, 0.25) is 0 Å². The van der Waals surface area contributed by atoms with E-state index < -0.39 is 16.1 Å². The molecule has 0 unspecified atom stereocenters. The van der Waals surface area contributed by atoms with E-state index in [1.54, 1.807) is 6.92 Å². The average molecular weight is 257 g/mol. The Morgan fingerprint density at radius 2 is 1.94 bits per heavy atom. The molecule has 1 rings (SSSR count). The highest BCUT2D eigenvalue weighted by Crippen LogP contribution is 2.02. The van der Waals surface area contributed by atoms with Crippen LogP contribution in [0, 0.1) is 0 Å². The van der Waals surface area contributed by atoms with Gasteiger partial charge in [0.15, 0.2) is 0 Å². The fraction of sp³-hybridized carbons (Fsp3) is 0.500. The molecule has 0 aromatic heterocycles. The van der Waals surface area contributed by atoms with Crippen molar-refractivity contribution >= 4 is 10.0 Å². The molecule has 0 aliphatic carbocycles. The second-order valence-electron chi connectivity index (χ2n) is 4.01. The number of aliphatic hydroxyl groups is 1. The van der Waals surface area contributed by atoms with Crippen LogP contribution >= 0.6 is 0 Å². The second-order valence-corrected chi connectivity index (χ2v) is 5.94. The lowest BCUT2D eigenvalue weighted by Gasteiger charge is -2.12. The van der Waals surface area contributed by atoms with E-state index in [2.05, 4.69) is 4.72 Å². The first-order valence-electron chi connectivity index (χ1n) is 5.73. The zero-order chi connectivity index (χ0) is 12.7. The minimum Gasteiger partial charge on any atom is -0.391 e. The van der Waals surface area contributed by atoms with Gasteiger partial charge in [-0.05, 0) is 18.4 Å². The third-order valence-corrected chi connectivity index (χ3v) is 3.88. The summed E-state index contributed by atoms with van der Waals surface area (Å²) in [6, 6.07) is 9.50. The number of hydrogen-bond acceptors (Lipinski definition) is 3. The fourth-order valence-electron chi connectivity index (χ4n) is 1.52. The molecule has 0 saturated heterocycles. The van der Waals surface area contributed by atoms with Crippen LogP contribution in [0.1, 0.15) is 18.9 Å². The molecule has 0 saturated carbocycles. The highest BCUT2D eigenvalue weighted by Gasteiger charge is 2.12. The summed E-state index contributed by atoms with van der Waals surface area (Å²) in [6.07, 6.45) is 0.337. The highest BCUT2D eigenvalue weighted by atomic mass is 32.2. The summed E-state index contributed by atoms with van der Waals surface area (Å²) < 4.78 is 25.1. The Balaban J connectivity index is 2.38. The molecule has 0 radical (unpaired) electrons. The monoisotopic (exact) mass is 257 g/mol. The van der Waals surface area contributed by atoms with Gasteiger partial charge in [-0.25, -0.2) is 13.1 Å². The van der Waals surface area contributed by atoms with Crippen LogP contribution in [-0.2, 0) is 16.4 Å². The van der Waals surface area contributed by atoms with Crippen molar-refractivity contribution in [1.29, 1.82) is 0 Å². The fourth-order valence-corrected chi connectivity index (χ4v) is 2.65. The molecule has 96 valence electrons. The van der Waals surface area contributed by atoms with Crippen LogP contribution in [-0.4, -0.2) is 31.9 Å². The molecular formula is C12H19NO3S. The van der Waals surface area contributed by atoms with Crippen molar-refractivity contribution in [2.24, 2.45) is 0 Å². The summed E-state index contributed by atoms with van der Waals surface area (Å²) in [5.41, 5.74) is 0.995. The maximum Gasteiger partial charge on any atom is 0.211 e. The molecule has 5 heteroatoms. The van der Waals surface area contributed by atoms with E-state index in [1.165, 1.54) is 0 Å². The summed E-state index contributed by atoms with van der Waals surface area (Å²) in [5.74, 6) is 0.102. The SMILES string of the molecule is CCCS(=O)(=O)NC[C@@H](O)Cc1ccccc1. The van der Waals surface area contributed by atoms with Gasteiger partial charge in [0.05, 0.1) is 11.9 Å². The number of nitrogens with one attached hydrogen (secondary N) is 1. The zero-order valence-electron chi connectivity index (χ0n) is 9.96. The summed E-state index contributed by atoms with van der Waals surface area (Å²) in [6.45, 7) is 1.87. The van der Waals surface area contributed by atoms with Crippen molar-refractivity contribution in [2.75, 3.05) is 12.3 Å². The first-order valence-corrected chi connectivity index (χ1v) is 7.38. The van der Waals surface area contributed by atoms with Gasteiger partial charge in [0.2, 0.25) is 10.0 Å². The maximum atomic E-state index is 11.4. The van der Waals surface area contributed by atoms with Gasteiger partial charge in [-0.15, -0.1) is 0 Å². The number of benzene rings is 1. The van der Waals surface area contributed by atoms with Gasteiger partial charge < -0.3 is 5.11 Å². The Labute approximate surface area is 103 Å². The smallest absolute Gasteiger partial charge is 0.211 e. The van der Waals surface area contributed by atoms with Crippen molar-refractivity contribution in [3.63, 3.8) is 0 Å². The highest BCUT2D eigenvalue weighted by molar-refractivity contribution is 7.89. The molecule has 0 bridgehead atoms. The van der Waals surface area contributed by atoms with E-state index in [0.717, 1.165) is 5.56 Å². The largest absolute Gasteiger partial charge is 0.391 e. The molecule has 1 aromatic rings. The second kappa shape index (κ2) is 6.74. The molecule has 0 fully saturated rings. The molecule has 0 aliphatic rings. The first kappa shape index (κ1) is 14.2. The summed E-state index contributed by atoms with van der Waals surface area (Å²) in [7, 11) is -3.23. The molecule has 2 N–H and O–H groups in total. The van der Waals surface area contributed by atoms with Crippen molar-refractivity contribution in [2.45, 2.75) is 25.9 Å². The van der Waals surface area contributed by atoms with E-state index >= 15 is 0 Å². The average Bonchev–Trinajstić information content (AvgIpc) is 2.28. The molecule has 4 nitrogen and oxygen atoms in total. The zero-order valence-corrected chi connectivity index (χ0v) is 10.8. The van der Waals surface area contributed by atoms with Crippen molar-refractivity contribution in [3.8, 4) is 0 Å². The summed E-state index contributed by atoms with van der Waals surface area (Å²) >= 11 is 0. The van der Waals surface area contributed by atoms with Gasteiger partial charge in [0.25, 0.3) is 0 Å². The Morgan fingerprint density at radius 3 is 2.53 bits per heavy atom. The van der Waals surface area contributed by atoms with Crippen molar-refractivity contribution in [3.05, 3.63) is 35.9 Å². The van der Waals surface area contributed by atoms with E-state index in [0.29, 0.717) is 12.8 Å². The van der Waals surface area contributed by atoms with Crippen LogP contribution < -0.4 is 4.72 Å². The van der Waals surface area contributed by atoms with Crippen molar-refractivity contribution in [1.82, 2.24) is 4.72 Å². The lowest BCUT2D eigenvalue weighted by molar-refractivity contribution is 0.179. The Hall–Kier alpha value is -0.910. The molecular weight excluding hydrogens is 238 g/mol. The van der Waals surface area contributed by atoms with Crippen LogP contribution in [0.15, 0.2) is 30.3 Å². The third-order valence-electron chi connectivity index (χ3n) is 2.33. The van der Waals surface area contributed by atoms with Gasteiger partial charge >= 0.3 is 0 Å². The van der Waals surface area contributed by atoms with Crippen LogP contribution in [0.4, 0.5) is 0 Å². The Bertz CT molecular complexity index is 417. The van der Waals surface area contributed by atoms with E-state index in [9.17, 15) is 13.5 Å². The summed E-state index contributed by atoms with van der Waals surface area (Å²) in [4.78, 5) is 0. The lowest BCUT2D eigenvalue weighted by Crippen LogP contribution is -2.34. The van der Waals surface area contributed by atoms with Gasteiger partial charge in [-0.1, -0.05) is 37.3 Å². The standard InChI is InChI=1S/C12H19NO3S/c1-2-8-17(15,16)13-10-12(14)9-11-6-4-3-5-7-11/h3-7,12-14H,2,8-10H2,1H3/t12-/m0/s1. The van der Waals surface area contributed by atoms with E-state index in [1.807, 2.05) is 30.3 Å².